The maximum atomic E-state index is 10.8. The molecule has 0 aliphatic heterocycles. The van der Waals surface area contributed by atoms with Gasteiger partial charge in [0.2, 0.25) is 0 Å². The van der Waals surface area contributed by atoms with Gasteiger partial charge in [-0.05, 0) is 24.6 Å². The Kier molecular flexibility index (Phi) is 4.39. The van der Waals surface area contributed by atoms with Crippen LogP contribution in [0.2, 0.25) is 5.02 Å². The molecular formula is C15H13ClN6O2. The zero-order valence-electron chi connectivity index (χ0n) is 12.7. The van der Waals surface area contributed by atoms with Crippen molar-refractivity contribution in [1.82, 2.24) is 19.7 Å². The number of aromatic nitrogens is 4. The van der Waals surface area contributed by atoms with E-state index in [0.29, 0.717) is 23.1 Å². The van der Waals surface area contributed by atoms with Gasteiger partial charge in [-0.3, -0.25) is 10.1 Å². The highest BCUT2D eigenvalue weighted by molar-refractivity contribution is 6.30. The third-order valence-corrected chi connectivity index (χ3v) is 3.42. The van der Waals surface area contributed by atoms with E-state index in [1.54, 1.807) is 6.07 Å². The van der Waals surface area contributed by atoms with Crippen LogP contribution in [0.15, 0.2) is 42.7 Å². The van der Waals surface area contributed by atoms with E-state index in [2.05, 4.69) is 20.4 Å². The SMILES string of the molecule is Cc1cc(NCc2cccc(Cl)c2)nc(-n2cc([N+](=O)[O-])cn2)n1. The van der Waals surface area contributed by atoms with E-state index >= 15 is 0 Å². The first-order chi connectivity index (χ1) is 11.5. The molecule has 0 bridgehead atoms. The Labute approximate surface area is 142 Å². The van der Waals surface area contributed by atoms with Crippen LogP contribution in [0.1, 0.15) is 11.3 Å². The molecule has 2 aromatic heterocycles. The monoisotopic (exact) mass is 344 g/mol. The molecule has 0 radical (unpaired) electrons. The molecule has 0 aliphatic carbocycles. The van der Waals surface area contributed by atoms with Crippen molar-refractivity contribution in [3.05, 3.63) is 69.1 Å². The molecule has 24 heavy (non-hydrogen) atoms. The fourth-order valence-electron chi connectivity index (χ4n) is 2.10. The quantitative estimate of drug-likeness (QED) is 0.564. The summed E-state index contributed by atoms with van der Waals surface area (Å²) in [6.45, 7) is 2.35. The fourth-order valence-corrected chi connectivity index (χ4v) is 2.32. The maximum absolute atomic E-state index is 10.8. The fraction of sp³-hybridized carbons (Fsp3) is 0.133. The molecule has 1 aromatic carbocycles. The minimum Gasteiger partial charge on any atom is -0.366 e. The van der Waals surface area contributed by atoms with E-state index in [4.69, 9.17) is 11.6 Å². The molecule has 0 atom stereocenters. The number of nitro groups is 1. The van der Waals surface area contributed by atoms with Gasteiger partial charge >= 0.3 is 5.69 Å². The summed E-state index contributed by atoms with van der Waals surface area (Å²) in [5.41, 5.74) is 1.61. The Morgan fingerprint density at radius 3 is 2.88 bits per heavy atom. The van der Waals surface area contributed by atoms with Crippen molar-refractivity contribution < 1.29 is 4.92 Å². The van der Waals surface area contributed by atoms with Gasteiger partial charge in [0.15, 0.2) is 0 Å². The highest BCUT2D eigenvalue weighted by Crippen LogP contribution is 2.15. The molecule has 0 saturated carbocycles. The first kappa shape index (κ1) is 15.9. The lowest BCUT2D eigenvalue weighted by molar-refractivity contribution is -0.384. The highest BCUT2D eigenvalue weighted by atomic mass is 35.5. The average molecular weight is 345 g/mol. The summed E-state index contributed by atoms with van der Waals surface area (Å²) in [6, 6.07) is 9.28. The van der Waals surface area contributed by atoms with Crippen LogP contribution in [0.5, 0.6) is 0 Å². The minimum absolute atomic E-state index is 0.117. The van der Waals surface area contributed by atoms with E-state index in [1.807, 2.05) is 31.2 Å². The van der Waals surface area contributed by atoms with Gasteiger partial charge in [-0.1, -0.05) is 23.7 Å². The third-order valence-electron chi connectivity index (χ3n) is 3.19. The van der Waals surface area contributed by atoms with Crippen molar-refractivity contribution in [3.8, 4) is 5.95 Å². The van der Waals surface area contributed by atoms with Gasteiger partial charge in [0.05, 0.1) is 4.92 Å². The Morgan fingerprint density at radius 1 is 1.33 bits per heavy atom. The molecule has 1 N–H and O–H groups in total. The number of hydrogen-bond acceptors (Lipinski definition) is 6. The Balaban J connectivity index is 1.81. The van der Waals surface area contributed by atoms with Gasteiger partial charge in [-0.15, -0.1) is 0 Å². The molecule has 122 valence electrons. The van der Waals surface area contributed by atoms with Crippen molar-refractivity contribution in [3.63, 3.8) is 0 Å². The Hall–Kier alpha value is -3.00. The van der Waals surface area contributed by atoms with E-state index in [9.17, 15) is 10.1 Å². The zero-order chi connectivity index (χ0) is 17.1. The maximum Gasteiger partial charge on any atom is 0.307 e. The van der Waals surface area contributed by atoms with Crippen LogP contribution in [0, 0.1) is 17.0 Å². The van der Waals surface area contributed by atoms with Crippen molar-refractivity contribution in [2.75, 3.05) is 5.32 Å². The summed E-state index contributed by atoms with van der Waals surface area (Å²) in [5.74, 6) is 0.854. The summed E-state index contributed by atoms with van der Waals surface area (Å²) in [6.07, 6.45) is 2.43. The molecule has 3 aromatic rings. The summed E-state index contributed by atoms with van der Waals surface area (Å²) in [5, 5.41) is 18.5. The van der Waals surface area contributed by atoms with Crippen LogP contribution < -0.4 is 5.32 Å². The predicted octanol–water partition coefficient (Wildman–Crippen LogP) is 3.14. The average Bonchev–Trinajstić information content (AvgIpc) is 3.03. The van der Waals surface area contributed by atoms with E-state index < -0.39 is 4.92 Å². The smallest absolute Gasteiger partial charge is 0.307 e. The summed E-state index contributed by atoms with van der Waals surface area (Å²) >= 11 is 5.96. The largest absolute Gasteiger partial charge is 0.366 e. The van der Waals surface area contributed by atoms with Crippen molar-refractivity contribution in [1.29, 1.82) is 0 Å². The molecule has 0 spiro atoms. The van der Waals surface area contributed by atoms with Crippen LogP contribution in [0.3, 0.4) is 0 Å². The summed E-state index contributed by atoms with van der Waals surface area (Å²) < 4.78 is 1.27. The molecule has 2 heterocycles. The van der Waals surface area contributed by atoms with Gasteiger partial charge in [0, 0.05) is 23.3 Å². The molecule has 9 heteroatoms. The standard InChI is InChI=1S/C15H13ClN6O2/c1-10-5-14(17-7-11-3-2-4-12(16)6-11)20-15(19-10)21-9-13(8-18-21)22(23)24/h2-6,8-9H,7H2,1H3,(H,17,19,20). The van der Waals surface area contributed by atoms with Crippen molar-refractivity contribution >= 4 is 23.1 Å². The third kappa shape index (κ3) is 3.66. The topological polar surface area (TPSA) is 98.8 Å². The van der Waals surface area contributed by atoms with Gasteiger partial charge in [0.25, 0.3) is 5.95 Å². The van der Waals surface area contributed by atoms with Crippen molar-refractivity contribution in [2.24, 2.45) is 0 Å². The molecule has 0 amide bonds. The van der Waals surface area contributed by atoms with Crippen LogP contribution >= 0.6 is 11.6 Å². The van der Waals surface area contributed by atoms with Crippen LogP contribution in [0.4, 0.5) is 11.5 Å². The van der Waals surface area contributed by atoms with Gasteiger partial charge in [-0.25, -0.2) is 4.98 Å². The second-order valence-corrected chi connectivity index (χ2v) is 5.51. The second-order valence-electron chi connectivity index (χ2n) is 5.08. The molecule has 0 saturated heterocycles. The number of nitrogens with zero attached hydrogens (tertiary/aromatic N) is 5. The van der Waals surface area contributed by atoms with Gasteiger partial charge in [-0.2, -0.15) is 14.8 Å². The zero-order valence-corrected chi connectivity index (χ0v) is 13.4. The number of halogens is 1. The number of hydrogen-bond donors (Lipinski definition) is 1. The first-order valence-electron chi connectivity index (χ1n) is 7.05. The lowest BCUT2D eigenvalue weighted by Crippen LogP contribution is -2.08. The lowest BCUT2D eigenvalue weighted by Gasteiger charge is -2.08. The molecule has 0 unspecified atom stereocenters. The molecule has 0 fully saturated rings. The Morgan fingerprint density at radius 2 is 2.17 bits per heavy atom. The number of anilines is 1. The van der Waals surface area contributed by atoms with E-state index in [0.717, 1.165) is 11.8 Å². The van der Waals surface area contributed by atoms with Crippen LogP contribution in [0.25, 0.3) is 5.95 Å². The normalized spacial score (nSPS) is 10.6. The van der Waals surface area contributed by atoms with Gasteiger partial charge < -0.3 is 5.32 Å². The lowest BCUT2D eigenvalue weighted by atomic mass is 10.2. The second kappa shape index (κ2) is 6.63. The van der Waals surface area contributed by atoms with Gasteiger partial charge in [0.1, 0.15) is 18.2 Å². The predicted molar refractivity (Wildman–Crippen MR) is 89.3 cm³/mol. The molecular weight excluding hydrogens is 332 g/mol. The van der Waals surface area contributed by atoms with E-state index in [1.165, 1.54) is 10.9 Å². The molecule has 8 nitrogen and oxygen atoms in total. The summed E-state index contributed by atoms with van der Waals surface area (Å²) in [4.78, 5) is 18.8. The number of benzene rings is 1. The highest BCUT2D eigenvalue weighted by Gasteiger charge is 2.12. The minimum atomic E-state index is -0.516. The molecule has 0 aliphatic rings. The first-order valence-corrected chi connectivity index (χ1v) is 7.42. The van der Waals surface area contributed by atoms with Crippen LogP contribution in [-0.4, -0.2) is 24.7 Å². The van der Waals surface area contributed by atoms with Crippen molar-refractivity contribution in [2.45, 2.75) is 13.5 Å². The summed E-state index contributed by atoms with van der Waals surface area (Å²) in [7, 11) is 0. The Bertz CT molecular complexity index is 895. The number of aryl methyl sites for hydroxylation is 1. The number of rotatable bonds is 5. The van der Waals surface area contributed by atoms with E-state index in [-0.39, 0.29) is 11.6 Å². The number of nitrogens with one attached hydrogen (secondary N) is 1. The van der Waals surface area contributed by atoms with Crippen LogP contribution in [-0.2, 0) is 6.54 Å². The molecule has 3 rings (SSSR count).